The average Bonchev–Trinajstić information content (AvgIpc) is 2.04. The van der Waals surface area contributed by atoms with Crippen LogP contribution in [0, 0.1) is 0 Å². The molecule has 0 heterocycles. The fraction of sp³-hybridized carbons (Fsp3) is 0.250. The lowest BCUT2D eigenvalue weighted by molar-refractivity contribution is 0.733. The molecule has 0 amide bonds. The highest BCUT2D eigenvalue weighted by atomic mass is 79.9. The van der Waals surface area contributed by atoms with Crippen molar-refractivity contribution in [3.8, 4) is 0 Å². The lowest BCUT2D eigenvalue weighted by Crippen LogP contribution is -2.20. The molecular formula is C8H13BrCl2N2. The van der Waals surface area contributed by atoms with Crippen molar-refractivity contribution >= 4 is 40.7 Å². The van der Waals surface area contributed by atoms with Gasteiger partial charge in [-0.1, -0.05) is 34.1 Å². The first-order valence-electron chi connectivity index (χ1n) is 3.45. The van der Waals surface area contributed by atoms with E-state index in [1.54, 1.807) is 0 Å². The number of hydrogen-bond donors (Lipinski definition) is 2. The van der Waals surface area contributed by atoms with Gasteiger partial charge in [-0.05, 0) is 11.6 Å². The quantitative estimate of drug-likeness (QED) is 0.877. The molecule has 0 unspecified atom stereocenters. The summed E-state index contributed by atoms with van der Waals surface area (Å²) in [5.74, 6) is 0. The summed E-state index contributed by atoms with van der Waals surface area (Å²) >= 11 is 3.40. The fourth-order valence-electron chi connectivity index (χ4n) is 0.903. The summed E-state index contributed by atoms with van der Waals surface area (Å²) in [5, 5.41) is 0. The minimum atomic E-state index is -0.0643. The predicted octanol–water partition coefficient (Wildman–Crippen LogP) is 2.25. The van der Waals surface area contributed by atoms with E-state index in [1.165, 1.54) is 0 Å². The zero-order chi connectivity index (χ0) is 8.27. The molecule has 4 N–H and O–H groups in total. The highest BCUT2D eigenvalue weighted by Crippen LogP contribution is 2.20. The molecule has 2 nitrogen and oxygen atoms in total. The monoisotopic (exact) mass is 286 g/mol. The van der Waals surface area contributed by atoms with Gasteiger partial charge in [0.05, 0.1) is 0 Å². The summed E-state index contributed by atoms with van der Waals surface area (Å²) in [5.41, 5.74) is 12.2. The molecule has 0 aliphatic heterocycles. The van der Waals surface area contributed by atoms with E-state index < -0.39 is 0 Å². The Morgan fingerprint density at radius 2 is 1.77 bits per heavy atom. The van der Waals surface area contributed by atoms with E-state index in [0.29, 0.717) is 6.54 Å². The van der Waals surface area contributed by atoms with Gasteiger partial charge in [0.25, 0.3) is 0 Å². The van der Waals surface area contributed by atoms with Crippen molar-refractivity contribution in [1.82, 2.24) is 0 Å². The van der Waals surface area contributed by atoms with Gasteiger partial charge < -0.3 is 11.5 Å². The van der Waals surface area contributed by atoms with Gasteiger partial charge in [0.2, 0.25) is 0 Å². The van der Waals surface area contributed by atoms with Gasteiger partial charge in [-0.25, -0.2) is 0 Å². The van der Waals surface area contributed by atoms with E-state index in [-0.39, 0.29) is 30.9 Å². The van der Waals surface area contributed by atoms with E-state index in [9.17, 15) is 0 Å². The zero-order valence-corrected chi connectivity index (χ0v) is 10.2. The summed E-state index contributed by atoms with van der Waals surface area (Å²) in [4.78, 5) is 0. The second kappa shape index (κ2) is 7.59. The van der Waals surface area contributed by atoms with Crippen LogP contribution in [0.5, 0.6) is 0 Å². The van der Waals surface area contributed by atoms with Crippen LogP contribution < -0.4 is 11.5 Å². The Labute approximate surface area is 99.0 Å². The fourth-order valence-corrected chi connectivity index (χ4v) is 1.48. The van der Waals surface area contributed by atoms with Crippen LogP contribution in [0.1, 0.15) is 11.6 Å². The van der Waals surface area contributed by atoms with Gasteiger partial charge in [-0.3, -0.25) is 0 Å². The Hall–Kier alpha value is 0.200. The molecule has 5 heteroatoms. The van der Waals surface area contributed by atoms with Gasteiger partial charge in [0, 0.05) is 17.1 Å². The van der Waals surface area contributed by atoms with Crippen LogP contribution in [0.2, 0.25) is 0 Å². The molecule has 0 aliphatic carbocycles. The summed E-state index contributed by atoms with van der Waals surface area (Å²) in [6.45, 7) is 0.475. The number of rotatable bonds is 2. The number of benzene rings is 1. The molecule has 13 heavy (non-hydrogen) atoms. The minimum absolute atomic E-state index is 0. The molecule has 0 aromatic heterocycles. The normalized spacial score (nSPS) is 11.0. The summed E-state index contributed by atoms with van der Waals surface area (Å²) in [6, 6.07) is 7.78. The first-order valence-corrected chi connectivity index (χ1v) is 4.25. The Morgan fingerprint density at radius 1 is 1.23 bits per heavy atom. The van der Waals surface area contributed by atoms with Crippen molar-refractivity contribution in [2.24, 2.45) is 11.5 Å². The third-order valence-corrected chi connectivity index (χ3v) is 2.28. The standard InChI is InChI=1S/C8H11BrN2.2ClH/c9-7-4-2-1-3-6(7)8(11)5-10;;/h1-4,8H,5,10-11H2;2*1H/t8-;;/m1../s1. The first kappa shape index (κ1) is 15.7. The maximum absolute atomic E-state index is 5.74. The summed E-state index contributed by atoms with van der Waals surface area (Å²) in [7, 11) is 0. The maximum atomic E-state index is 5.74. The molecule has 1 rings (SSSR count). The Morgan fingerprint density at radius 3 is 2.23 bits per heavy atom. The zero-order valence-electron chi connectivity index (χ0n) is 6.94. The highest BCUT2D eigenvalue weighted by molar-refractivity contribution is 9.10. The lowest BCUT2D eigenvalue weighted by atomic mass is 10.1. The largest absolute Gasteiger partial charge is 0.329 e. The van der Waals surface area contributed by atoms with Crippen LogP contribution in [-0.2, 0) is 0 Å². The van der Waals surface area contributed by atoms with Crippen molar-refractivity contribution in [3.63, 3.8) is 0 Å². The topological polar surface area (TPSA) is 52.0 Å². The molecule has 0 fully saturated rings. The second-order valence-corrected chi connectivity index (χ2v) is 3.22. The van der Waals surface area contributed by atoms with Crippen LogP contribution in [0.25, 0.3) is 0 Å². The maximum Gasteiger partial charge on any atom is 0.0430 e. The number of nitrogens with two attached hydrogens (primary N) is 2. The molecule has 1 atom stereocenters. The van der Waals surface area contributed by atoms with E-state index in [2.05, 4.69) is 15.9 Å². The van der Waals surface area contributed by atoms with Gasteiger partial charge in [-0.15, -0.1) is 24.8 Å². The molecule has 0 saturated carbocycles. The molecule has 0 saturated heterocycles. The first-order chi connectivity index (χ1) is 5.25. The van der Waals surface area contributed by atoms with E-state index in [1.807, 2.05) is 24.3 Å². The second-order valence-electron chi connectivity index (χ2n) is 2.36. The Balaban J connectivity index is 0. The van der Waals surface area contributed by atoms with E-state index in [0.717, 1.165) is 10.0 Å². The van der Waals surface area contributed by atoms with Crippen molar-refractivity contribution in [3.05, 3.63) is 34.3 Å². The van der Waals surface area contributed by atoms with Crippen LogP contribution in [0.4, 0.5) is 0 Å². The third kappa shape index (κ3) is 4.29. The van der Waals surface area contributed by atoms with Crippen molar-refractivity contribution in [2.45, 2.75) is 6.04 Å². The molecule has 0 bridgehead atoms. The van der Waals surface area contributed by atoms with Gasteiger partial charge in [-0.2, -0.15) is 0 Å². The molecular weight excluding hydrogens is 275 g/mol. The predicted molar refractivity (Wildman–Crippen MR) is 64.6 cm³/mol. The minimum Gasteiger partial charge on any atom is -0.329 e. The number of halogens is 3. The van der Waals surface area contributed by atoms with Gasteiger partial charge in [0.1, 0.15) is 0 Å². The molecule has 0 spiro atoms. The van der Waals surface area contributed by atoms with E-state index >= 15 is 0 Å². The molecule has 0 aliphatic rings. The van der Waals surface area contributed by atoms with Crippen LogP contribution >= 0.6 is 40.7 Å². The van der Waals surface area contributed by atoms with Gasteiger partial charge >= 0.3 is 0 Å². The highest BCUT2D eigenvalue weighted by Gasteiger charge is 2.05. The SMILES string of the molecule is Cl.Cl.NC[C@@H](N)c1ccccc1Br. The lowest BCUT2D eigenvalue weighted by Gasteiger charge is -2.10. The average molecular weight is 288 g/mol. The van der Waals surface area contributed by atoms with Crippen LogP contribution in [-0.4, -0.2) is 6.54 Å². The van der Waals surface area contributed by atoms with Gasteiger partial charge in [0.15, 0.2) is 0 Å². The molecule has 76 valence electrons. The third-order valence-electron chi connectivity index (χ3n) is 1.56. The van der Waals surface area contributed by atoms with Crippen LogP contribution in [0.3, 0.4) is 0 Å². The summed E-state index contributed by atoms with van der Waals surface area (Å²) < 4.78 is 1.03. The summed E-state index contributed by atoms with van der Waals surface area (Å²) in [6.07, 6.45) is 0. The van der Waals surface area contributed by atoms with E-state index in [4.69, 9.17) is 11.5 Å². The van der Waals surface area contributed by atoms with Crippen LogP contribution in [0.15, 0.2) is 28.7 Å². The molecule has 1 aromatic carbocycles. The Kier molecular flexibility index (Phi) is 9.14. The Bertz CT molecular complexity index is 245. The molecule has 0 radical (unpaired) electrons. The van der Waals surface area contributed by atoms with Crippen molar-refractivity contribution in [1.29, 1.82) is 0 Å². The smallest absolute Gasteiger partial charge is 0.0430 e. The van der Waals surface area contributed by atoms with Crippen molar-refractivity contribution in [2.75, 3.05) is 6.54 Å². The molecule has 1 aromatic rings. The van der Waals surface area contributed by atoms with Crippen molar-refractivity contribution < 1.29 is 0 Å². The number of hydrogen-bond acceptors (Lipinski definition) is 2.